The maximum atomic E-state index is 10.2. The molecule has 2 heterocycles. The van der Waals surface area contributed by atoms with E-state index in [2.05, 4.69) is 19.1 Å². The number of hydrogen-bond donors (Lipinski definition) is 2. The second-order valence-electron chi connectivity index (χ2n) is 6.98. The molecule has 5 heteroatoms. The van der Waals surface area contributed by atoms with Gasteiger partial charge in [0.25, 0.3) is 0 Å². The van der Waals surface area contributed by atoms with Crippen LogP contribution in [0.15, 0.2) is 42.5 Å². The van der Waals surface area contributed by atoms with Crippen LogP contribution < -0.4 is 4.74 Å². The Hall–Kier alpha value is -1.92. The fourth-order valence-electron chi connectivity index (χ4n) is 3.74. The van der Waals surface area contributed by atoms with Gasteiger partial charge in [0.1, 0.15) is 11.5 Å². The van der Waals surface area contributed by atoms with Crippen molar-refractivity contribution in [2.45, 2.75) is 50.8 Å². The summed E-state index contributed by atoms with van der Waals surface area (Å²) >= 11 is 0. The number of ether oxygens (including phenoxy) is 3. The zero-order valence-electron chi connectivity index (χ0n) is 14.9. The Balaban J connectivity index is 1.61. The Kier molecular flexibility index (Phi) is 4.71. The fourth-order valence-corrected chi connectivity index (χ4v) is 3.74. The average Bonchev–Trinajstić information content (AvgIpc) is 2.99. The molecule has 2 aromatic rings. The van der Waals surface area contributed by atoms with E-state index in [1.807, 2.05) is 30.3 Å². The van der Waals surface area contributed by atoms with E-state index in [0.29, 0.717) is 25.2 Å². The van der Waals surface area contributed by atoms with Crippen LogP contribution in [0.4, 0.5) is 0 Å². The second-order valence-corrected chi connectivity index (χ2v) is 6.98. The van der Waals surface area contributed by atoms with Crippen molar-refractivity contribution in [2.24, 2.45) is 0 Å². The smallest absolute Gasteiger partial charge is 0.198 e. The first-order chi connectivity index (χ1) is 12.6. The molecule has 2 N–H and O–H groups in total. The number of aliphatic hydroxyl groups is 2. The van der Waals surface area contributed by atoms with Crippen LogP contribution in [0.5, 0.6) is 11.5 Å². The Morgan fingerprint density at radius 1 is 1.15 bits per heavy atom. The Morgan fingerprint density at radius 2 is 1.92 bits per heavy atom. The van der Waals surface area contributed by atoms with Gasteiger partial charge in [0.15, 0.2) is 5.79 Å². The third-order valence-corrected chi connectivity index (χ3v) is 5.12. The lowest BCUT2D eigenvalue weighted by molar-refractivity contribution is -0.302. The minimum Gasteiger partial charge on any atom is -0.457 e. The lowest BCUT2D eigenvalue weighted by Crippen LogP contribution is -2.45. The van der Waals surface area contributed by atoms with Gasteiger partial charge in [-0.25, -0.2) is 0 Å². The van der Waals surface area contributed by atoms with Crippen molar-refractivity contribution in [3.8, 4) is 11.5 Å². The Labute approximate surface area is 153 Å². The summed E-state index contributed by atoms with van der Waals surface area (Å²) in [5.41, 5.74) is 3.15. The van der Waals surface area contributed by atoms with Gasteiger partial charge in [0, 0.05) is 18.4 Å². The molecule has 0 bridgehead atoms. The van der Waals surface area contributed by atoms with Crippen LogP contribution in [0.25, 0.3) is 0 Å². The van der Waals surface area contributed by atoms with Crippen LogP contribution in [-0.2, 0) is 28.3 Å². The minimum atomic E-state index is -1.01. The minimum absolute atomic E-state index is 0.141. The van der Waals surface area contributed by atoms with Gasteiger partial charge in [0.2, 0.25) is 0 Å². The number of fused-ring (bicyclic) bond motifs is 2. The summed E-state index contributed by atoms with van der Waals surface area (Å²) in [6.07, 6.45) is 0.751. The van der Waals surface area contributed by atoms with Crippen molar-refractivity contribution in [3.05, 3.63) is 59.2 Å². The molecular weight excluding hydrogens is 332 g/mol. The average molecular weight is 356 g/mol. The van der Waals surface area contributed by atoms with Crippen molar-refractivity contribution in [1.29, 1.82) is 0 Å². The number of aliphatic hydroxyl groups excluding tert-OH is 2. The molecule has 26 heavy (non-hydrogen) atoms. The van der Waals surface area contributed by atoms with Crippen molar-refractivity contribution in [1.82, 2.24) is 0 Å². The van der Waals surface area contributed by atoms with E-state index in [1.54, 1.807) is 0 Å². The molecule has 1 unspecified atom stereocenters. The van der Waals surface area contributed by atoms with Crippen molar-refractivity contribution in [2.75, 3.05) is 6.61 Å². The number of benzene rings is 2. The highest BCUT2D eigenvalue weighted by Crippen LogP contribution is 2.46. The molecule has 2 aromatic carbocycles. The molecule has 0 radical (unpaired) electrons. The predicted octanol–water partition coefficient (Wildman–Crippen LogP) is 3.26. The van der Waals surface area contributed by atoms with Gasteiger partial charge >= 0.3 is 0 Å². The van der Waals surface area contributed by atoms with E-state index in [1.165, 1.54) is 5.56 Å². The van der Waals surface area contributed by atoms with Gasteiger partial charge in [0.05, 0.1) is 25.4 Å². The monoisotopic (exact) mass is 356 g/mol. The van der Waals surface area contributed by atoms with E-state index in [0.717, 1.165) is 23.3 Å². The molecule has 2 aliphatic rings. The van der Waals surface area contributed by atoms with Crippen molar-refractivity contribution >= 4 is 0 Å². The number of rotatable bonds is 4. The maximum absolute atomic E-state index is 10.2. The van der Waals surface area contributed by atoms with Gasteiger partial charge in [-0.2, -0.15) is 0 Å². The summed E-state index contributed by atoms with van der Waals surface area (Å²) in [7, 11) is 0. The quantitative estimate of drug-likeness (QED) is 0.880. The first-order valence-electron chi connectivity index (χ1n) is 9.13. The molecule has 5 nitrogen and oxygen atoms in total. The van der Waals surface area contributed by atoms with Gasteiger partial charge in [-0.05, 0) is 41.8 Å². The van der Waals surface area contributed by atoms with Crippen LogP contribution in [0.3, 0.4) is 0 Å². The summed E-state index contributed by atoms with van der Waals surface area (Å²) in [5.74, 6) is 0.460. The number of hydrogen-bond acceptors (Lipinski definition) is 5. The molecule has 0 aliphatic carbocycles. The molecule has 0 aromatic heterocycles. The first-order valence-corrected chi connectivity index (χ1v) is 9.13. The molecular formula is C21H24O5. The van der Waals surface area contributed by atoms with Crippen molar-refractivity contribution in [3.63, 3.8) is 0 Å². The second kappa shape index (κ2) is 7.00. The van der Waals surface area contributed by atoms with E-state index in [4.69, 9.17) is 14.2 Å². The predicted molar refractivity (Wildman–Crippen MR) is 96.0 cm³/mol. The standard InChI is InChI=1S/C21H24O5/c1-2-14-3-6-17(7-4-14)25-18-8-5-15-13-24-21(20(15)10-18)11-16(23)9-19(12-22)26-21/h3-8,10,16,19,22-23H,2,9,11-13H2,1H3/t16-,19?,21+/m0/s1. The summed E-state index contributed by atoms with van der Waals surface area (Å²) < 4.78 is 18.0. The largest absolute Gasteiger partial charge is 0.457 e. The Morgan fingerprint density at radius 3 is 2.65 bits per heavy atom. The molecule has 2 aliphatic heterocycles. The lowest BCUT2D eigenvalue weighted by atomic mass is 9.92. The summed E-state index contributed by atoms with van der Waals surface area (Å²) in [5, 5.41) is 19.7. The zero-order chi connectivity index (χ0) is 18.1. The first kappa shape index (κ1) is 17.5. The zero-order valence-corrected chi connectivity index (χ0v) is 14.9. The highest BCUT2D eigenvalue weighted by Gasteiger charge is 2.48. The molecule has 3 atom stereocenters. The van der Waals surface area contributed by atoms with E-state index in [9.17, 15) is 10.2 Å². The van der Waals surface area contributed by atoms with Crippen LogP contribution in [0, 0.1) is 0 Å². The fraction of sp³-hybridized carbons (Fsp3) is 0.429. The molecule has 0 saturated carbocycles. The topological polar surface area (TPSA) is 68.2 Å². The molecule has 0 amide bonds. The van der Waals surface area contributed by atoms with Gasteiger partial charge in [-0.1, -0.05) is 25.1 Å². The molecule has 4 rings (SSSR count). The van der Waals surface area contributed by atoms with Crippen LogP contribution in [-0.4, -0.2) is 29.0 Å². The van der Waals surface area contributed by atoms with Crippen LogP contribution in [0.1, 0.15) is 36.5 Å². The van der Waals surface area contributed by atoms with Gasteiger partial charge < -0.3 is 24.4 Å². The summed E-state index contributed by atoms with van der Waals surface area (Å²) in [4.78, 5) is 0. The van der Waals surface area contributed by atoms with E-state index < -0.39 is 18.0 Å². The lowest BCUT2D eigenvalue weighted by Gasteiger charge is -2.40. The van der Waals surface area contributed by atoms with E-state index in [-0.39, 0.29) is 6.61 Å². The van der Waals surface area contributed by atoms with Crippen molar-refractivity contribution < 1.29 is 24.4 Å². The summed E-state index contributed by atoms with van der Waals surface area (Å²) in [6, 6.07) is 13.8. The van der Waals surface area contributed by atoms with Crippen LogP contribution in [0.2, 0.25) is 0 Å². The third-order valence-electron chi connectivity index (χ3n) is 5.12. The molecule has 1 fully saturated rings. The SMILES string of the molecule is CCc1ccc(Oc2ccc3c(c2)[C@]2(C[C@@H](O)CC(CO)O2)OC3)cc1. The Bertz CT molecular complexity index is 772. The van der Waals surface area contributed by atoms with Gasteiger partial charge in [-0.15, -0.1) is 0 Å². The normalized spacial score (nSPS) is 27.5. The highest BCUT2D eigenvalue weighted by atomic mass is 16.7. The summed E-state index contributed by atoms with van der Waals surface area (Å²) in [6.45, 7) is 2.40. The third kappa shape index (κ3) is 3.23. The highest BCUT2D eigenvalue weighted by molar-refractivity contribution is 5.43. The molecule has 138 valence electrons. The molecule has 1 saturated heterocycles. The van der Waals surface area contributed by atoms with Gasteiger partial charge in [-0.3, -0.25) is 0 Å². The molecule has 1 spiro atoms. The maximum Gasteiger partial charge on any atom is 0.198 e. The van der Waals surface area contributed by atoms with Crippen LogP contribution >= 0.6 is 0 Å². The van der Waals surface area contributed by atoms with E-state index >= 15 is 0 Å². The number of aryl methyl sites for hydroxylation is 1.